The van der Waals surface area contributed by atoms with Crippen molar-refractivity contribution < 1.29 is 24.3 Å². The lowest BCUT2D eigenvalue weighted by Gasteiger charge is -2.38. The summed E-state index contributed by atoms with van der Waals surface area (Å²) in [5.41, 5.74) is 1.19. The summed E-state index contributed by atoms with van der Waals surface area (Å²) in [7, 11) is 1.57. The van der Waals surface area contributed by atoms with Crippen molar-refractivity contribution in [2.45, 2.75) is 45.3 Å². The quantitative estimate of drug-likeness (QED) is 0.361. The summed E-state index contributed by atoms with van der Waals surface area (Å²) >= 11 is 6.99. The maximum atomic E-state index is 13.0. The van der Waals surface area contributed by atoms with E-state index in [2.05, 4.69) is 31.9 Å². The number of benzene rings is 2. The molecule has 0 bridgehead atoms. The zero-order valence-electron chi connectivity index (χ0n) is 18.1. The Morgan fingerprint density at radius 2 is 1.88 bits per heavy atom. The Bertz CT molecular complexity index is 1040. The van der Waals surface area contributed by atoms with Crippen LogP contribution in [-0.2, 0) is 17.6 Å². The second-order valence-corrected chi connectivity index (χ2v) is 10.2. The average Bonchev–Trinajstić information content (AvgIpc) is 2.65. The molecule has 2 aromatic carbocycles. The van der Waals surface area contributed by atoms with Crippen molar-refractivity contribution >= 4 is 43.6 Å². The van der Waals surface area contributed by atoms with Gasteiger partial charge in [-0.15, -0.1) is 0 Å². The lowest BCUT2D eigenvalue weighted by atomic mass is 9.88. The highest BCUT2D eigenvalue weighted by molar-refractivity contribution is 9.11. The third-order valence-corrected chi connectivity index (χ3v) is 6.29. The van der Waals surface area contributed by atoms with Crippen molar-refractivity contribution in [1.29, 1.82) is 0 Å². The molecule has 0 saturated carbocycles. The molecule has 0 saturated heterocycles. The van der Waals surface area contributed by atoms with Crippen LogP contribution in [0.2, 0.25) is 0 Å². The molecule has 0 aliphatic carbocycles. The lowest BCUT2D eigenvalue weighted by Crippen LogP contribution is -2.43. The summed E-state index contributed by atoms with van der Waals surface area (Å²) in [6.07, 6.45) is 0.345. The maximum absolute atomic E-state index is 13.0. The monoisotopic (exact) mass is 570 g/mol. The standard InChI is InChI=1S/C22H24Br2N2O6/c1-22(2,3)32-21(28)25-6-5-13-10-19(27)18(26(29)30)11-14(13)17(25)9-12-7-15(23)20(31-4)16(24)8-12/h7-8,10-11,17,27H,5-6,9H2,1-4H3. The van der Waals surface area contributed by atoms with E-state index in [-0.39, 0.29) is 5.75 Å². The molecule has 0 fully saturated rings. The van der Waals surface area contributed by atoms with Gasteiger partial charge in [0.25, 0.3) is 0 Å². The van der Waals surface area contributed by atoms with E-state index in [1.165, 1.54) is 12.1 Å². The van der Waals surface area contributed by atoms with Crippen LogP contribution in [0.5, 0.6) is 11.5 Å². The number of carbonyl (C=O) groups excluding carboxylic acids is 1. The first-order valence-corrected chi connectivity index (χ1v) is 11.5. The van der Waals surface area contributed by atoms with E-state index in [4.69, 9.17) is 9.47 Å². The van der Waals surface area contributed by atoms with Gasteiger partial charge in [-0.1, -0.05) is 0 Å². The van der Waals surface area contributed by atoms with Crippen molar-refractivity contribution in [1.82, 2.24) is 4.90 Å². The van der Waals surface area contributed by atoms with Gasteiger partial charge in [-0.3, -0.25) is 10.1 Å². The van der Waals surface area contributed by atoms with E-state index in [0.717, 1.165) is 20.1 Å². The summed E-state index contributed by atoms with van der Waals surface area (Å²) in [5, 5.41) is 21.5. The first-order chi connectivity index (χ1) is 14.9. The van der Waals surface area contributed by atoms with Gasteiger partial charge in [-0.05, 0) is 100 Å². The highest BCUT2D eigenvalue weighted by Gasteiger charge is 2.36. The van der Waals surface area contributed by atoms with Gasteiger partial charge in [-0.25, -0.2) is 4.79 Å². The Morgan fingerprint density at radius 3 is 2.41 bits per heavy atom. The van der Waals surface area contributed by atoms with Gasteiger partial charge >= 0.3 is 11.8 Å². The molecule has 3 rings (SSSR count). The van der Waals surface area contributed by atoms with Crippen molar-refractivity contribution in [3.05, 3.63) is 60.0 Å². The fourth-order valence-electron chi connectivity index (χ4n) is 3.78. The third-order valence-electron chi connectivity index (χ3n) is 5.11. The molecule has 1 aliphatic heterocycles. The molecule has 2 aromatic rings. The fourth-order valence-corrected chi connectivity index (χ4v) is 5.39. The molecule has 1 unspecified atom stereocenters. The number of halogens is 2. The van der Waals surface area contributed by atoms with Crippen molar-refractivity contribution in [3.63, 3.8) is 0 Å². The molecule has 10 heteroatoms. The number of rotatable bonds is 4. The lowest BCUT2D eigenvalue weighted by molar-refractivity contribution is -0.386. The topological polar surface area (TPSA) is 102 Å². The highest BCUT2D eigenvalue weighted by atomic mass is 79.9. The number of phenolic OH excluding ortho intramolecular Hbond substituents is 1. The molecular weight excluding hydrogens is 548 g/mol. The highest BCUT2D eigenvalue weighted by Crippen LogP contribution is 2.41. The van der Waals surface area contributed by atoms with E-state index in [1.807, 2.05) is 12.1 Å². The maximum Gasteiger partial charge on any atom is 0.410 e. The number of hydrogen-bond donors (Lipinski definition) is 1. The summed E-state index contributed by atoms with van der Waals surface area (Å²) in [4.78, 5) is 25.4. The SMILES string of the molecule is COc1c(Br)cc(CC2c3cc([N+](=O)[O-])c(O)cc3CCN2C(=O)OC(C)(C)C)cc1Br. The molecule has 0 radical (unpaired) electrons. The Morgan fingerprint density at radius 1 is 1.25 bits per heavy atom. The minimum absolute atomic E-state index is 0.363. The Hall–Kier alpha value is -2.33. The molecule has 1 atom stereocenters. The fraction of sp³-hybridized carbons (Fsp3) is 0.409. The molecule has 1 aliphatic rings. The van der Waals surface area contributed by atoms with Crippen molar-refractivity contribution in [2.24, 2.45) is 0 Å². The Labute approximate surface area is 202 Å². The van der Waals surface area contributed by atoms with E-state index in [0.29, 0.717) is 30.7 Å². The number of nitro benzene ring substituents is 1. The summed E-state index contributed by atoms with van der Waals surface area (Å²) < 4.78 is 12.5. The van der Waals surface area contributed by atoms with E-state index < -0.39 is 28.3 Å². The van der Waals surface area contributed by atoms with Gasteiger partial charge in [0.05, 0.1) is 27.0 Å². The zero-order chi connectivity index (χ0) is 23.8. The number of aromatic hydroxyl groups is 1. The predicted molar refractivity (Wildman–Crippen MR) is 126 cm³/mol. The second-order valence-electron chi connectivity index (χ2n) is 8.53. The number of fused-ring (bicyclic) bond motifs is 1. The molecule has 0 spiro atoms. The molecule has 1 amide bonds. The summed E-state index contributed by atoms with van der Waals surface area (Å²) in [6, 6.07) is 6.05. The van der Waals surface area contributed by atoms with E-state index >= 15 is 0 Å². The smallest absolute Gasteiger partial charge is 0.410 e. The minimum atomic E-state index is -0.685. The molecule has 32 heavy (non-hydrogen) atoms. The third kappa shape index (κ3) is 5.17. The number of ether oxygens (including phenoxy) is 2. The van der Waals surface area contributed by atoms with Gasteiger partial charge in [0.2, 0.25) is 0 Å². The van der Waals surface area contributed by atoms with Crippen LogP contribution < -0.4 is 4.74 Å². The van der Waals surface area contributed by atoms with Crippen LogP contribution in [0.15, 0.2) is 33.2 Å². The van der Waals surface area contributed by atoms with E-state index in [1.54, 1.807) is 32.8 Å². The van der Waals surface area contributed by atoms with Crippen LogP contribution in [0.25, 0.3) is 0 Å². The molecule has 172 valence electrons. The number of amides is 1. The minimum Gasteiger partial charge on any atom is -0.502 e. The zero-order valence-corrected chi connectivity index (χ0v) is 21.3. The molecule has 1 heterocycles. The Kier molecular flexibility index (Phi) is 7.04. The normalized spacial score (nSPS) is 15.8. The number of phenols is 1. The van der Waals surface area contributed by atoms with Gasteiger partial charge < -0.3 is 19.5 Å². The number of hydrogen-bond acceptors (Lipinski definition) is 6. The van der Waals surface area contributed by atoms with Gasteiger partial charge in [-0.2, -0.15) is 0 Å². The van der Waals surface area contributed by atoms with Crippen molar-refractivity contribution in [2.75, 3.05) is 13.7 Å². The van der Waals surface area contributed by atoms with Gasteiger partial charge in [0, 0.05) is 12.6 Å². The van der Waals surface area contributed by atoms with Crippen molar-refractivity contribution in [3.8, 4) is 11.5 Å². The van der Waals surface area contributed by atoms with Crippen LogP contribution >= 0.6 is 31.9 Å². The predicted octanol–water partition coefficient (Wildman–Crippen LogP) is 5.91. The van der Waals surface area contributed by atoms with Crippen LogP contribution in [0, 0.1) is 10.1 Å². The summed E-state index contributed by atoms with van der Waals surface area (Å²) in [6.45, 7) is 5.73. The van der Waals surface area contributed by atoms with Crippen LogP contribution in [0.3, 0.4) is 0 Å². The van der Waals surface area contributed by atoms with Gasteiger partial charge in [0.1, 0.15) is 11.4 Å². The first-order valence-electron chi connectivity index (χ1n) is 9.93. The number of carbonyl (C=O) groups is 1. The molecular formula is C22H24Br2N2O6. The molecule has 8 nitrogen and oxygen atoms in total. The molecule has 0 aromatic heterocycles. The number of nitrogens with zero attached hydrogens (tertiary/aromatic N) is 2. The largest absolute Gasteiger partial charge is 0.502 e. The first kappa shape index (κ1) is 24.3. The second kappa shape index (κ2) is 9.27. The average molecular weight is 572 g/mol. The number of methoxy groups -OCH3 is 1. The van der Waals surface area contributed by atoms with Crippen LogP contribution in [0.1, 0.15) is 43.5 Å². The van der Waals surface area contributed by atoms with Crippen LogP contribution in [0.4, 0.5) is 10.5 Å². The van der Waals surface area contributed by atoms with E-state index in [9.17, 15) is 20.0 Å². The number of nitro groups is 1. The van der Waals surface area contributed by atoms with Gasteiger partial charge in [0.15, 0.2) is 5.75 Å². The van der Waals surface area contributed by atoms with Crippen LogP contribution in [-0.4, -0.2) is 40.3 Å². The Balaban J connectivity index is 2.09. The summed E-state index contributed by atoms with van der Waals surface area (Å²) in [5.74, 6) is 0.260. The molecule has 1 N–H and O–H groups in total.